The number of nitrogens with one attached hydrogen (secondary N) is 2. The van der Waals surface area contributed by atoms with Crippen molar-refractivity contribution in [3.8, 4) is 11.4 Å². The van der Waals surface area contributed by atoms with Crippen molar-refractivity contribution in [3.05, 3.63) is 72.5 Å². The average Bonchev–Trinajstić information content (AvgIpc) is 3.26. The number of halogens is 1. The van der Waals surface area contributed by atoms with Crippen LogP contribution in [0.4, 0.5) is 15.2 Å². The van der Waals surface area contributed by atoms with E-state index in [1.54, 1.807) is 6.07 Å². The van der Waals surface area contributed by atoms with Crippen LogP contribution < -0.4 is 5.32 Å². The number of fused-ring (bicyclic) bond motifs is 2. The summed E-state index contributed by atoms with van der Waals surface area (Å²) in [7, 11) is 0. The lowest BCUT2D eigenvalue weighted by atomic mass is 10.2. The third-order valence-corrected chi connectivity index (χ3v) is 5.08. The standard InChI is InChI=1S/C20H13FN4S/c21-14-7-4-10-17-18(14)25-20(26-17)22-13-6-3-5-12(11-13)19-23-15-8-1-2-9-16(15)24-19/h1-11H,(H,22,25)(H,23,24). The highest BCUT2D eigenvalue weighted by molar-refractivity contribution is 7.22. The van der Waals surface area contributed by atoms with E-state index in [-0.39, 0.29) is 5.82 Å². The molecule has 2 heterocycles. The highest BCUT2D eigenvalue weighted by Gasteiger charge is 2.09. The third kappa shape index (κ3) is 2.60. The van der Waals surface area contributed by atoms with Gasteiger partial charge >= 0.3 is 0 Å². The van der Waals surface area contributed by atoms with Crippen molar-refractivity contribution in [3.63, 3.8) is 0 Å². The van der Waals surface area contributed by atoms with Gasteiger partial charge in [0.15, 0.2) is 5.13 Å². The molecule has 3 aromatic carbocycles. The van der Waals surface area contributed by atoms with Gasteiger partial charge in [-0.1, -0.05) is 41.7 Å². The van der Waals surface area contributed by atoms with Crippen LogP contribution in [0, 0.1) is 5.82 Å². The van der Waals surface area contributed by atoms with Crippen LogP contribution in [0.15, 0.2) is 66.7 Å². The second-order valence-corrected chi connectivity index (χ2v) is 6.94. The van der Waals surface area contributed by atoms with Gasteiger partial charge in [0, 0.05) is 11.3 Å². The lowest BCUT2D eigenvalue weighted by Crippen LogP contribution is -1.90. The Labute approximate surface area is 152 Å². The number of para-hydroxylation sites is 3. The van der Waals surface area contributed by atoms with Crippen molar-refractivity contribution >= 4 is 43.4 Å². The molecule has 26 heavy (non-hydrogen) atoms. The maximum Gasteiger partial charge on any atom is 0.188 e. The molecule has 5 rings (SSSR count). The van der Waals surface area contributed by atoms with Gasteiger partial charge in [-0.3, -0.25) is 0 Å². The largest absolute Gasteiger partial charge is 0.338 e. The SMILES string of the molecule is Fc1cccc2sc(Nc3cccc(-c4nc5ccccc5[nH]4)c3)nc12. The molecule has 0 aliphatic rings. The summed E-state index contributed by atoms with van der Waals surface area (Å²) in [5.41, 5.74) is 4.18. The van der Waals surface area contributed by atoms with Crippen LogP contribution in [0.1, 0.15) is 0 Å². The predicted octanol–water partition coefficient (Wildman–Crippen LogP) is 5.72. The Bertz CT molecular complexity index is 1210. The number of nitrogens with zero attached hydrogens (tertiary/aromatic N) is 2. The van der Waals surface area contributed by atoms with Crippen LogP contribution in [0.5, 0.6) is 0 Å². The smallest absolute Gasteiger partial charge is 0.188 e. The molecule has 0 unspecified atom stereocenters. The first kappa shape index (κ1) is 15.0. The minimum atomic E-state index is -0.303. The molecule has 0 saturated carbocycles. The zero-order valence-electron chi connectivity index (χ0n) is 13.5. The number of imidazole rings is 1. The topological polar surface area (TPSA) is 53.6 Å². The molecule has 0 amide bonds. The molecule has 0 radical (unpaired) electrons. The monoisotopic (exact) mass is 360 g/mol. The molecule has 126 valence electrons. The Balaban J connectivity index is 1.50. The predicted molar refractivity (Wildman–Crippen MR) is 104 cm³/mol. The lowest BCUT2D eigenvalue weighted by molar-refractivity contribution is 0.637. The Kier molecular flexibility index (Phi) is 3.43. The van der Waals surface area contributed by atoms with Crippen LogP contribution >= 0.6 is 11.3 Å². The Hall–Kier alpha value is -3.25. The molecule has 0 spiro atoms. The van der Waals surface area contributed by atoms with E-state index in [4.69, 9.17) is 0 Å². The van der Waals surface area contributed by atoms with Gasteiger partial charge in [-0.15, -0.1) is 0 Å². The molecule has 5 aromatic rings. The van der Waals surface area contributed by atoms with E-state index in [1.165, 1.54) is 17.4 Å². The molecule has 2 N–H and O–H groups in total. The molecule has 0 aliphatic carbocycles. The second kappa shape index (κ2) is 5.93. The third-order valence-electron chi connectivity index (χ3n) is 4.15. The molecular formula is C20H13FN4S. The highest BCUT2D eigenvalue weighted by Crippen LogP contribution is 2.31. The van der Waals surface area contributed by atoms with Crippen LogP contribution in [0.25, 0.3) is 32.6 Å². The van der Waals surface area contributed by atoms with Crippen LogP contribution in [0.3, 0.4) is 0 Å². The first-order valence-electron chi connectivity index (χ1n) is 8.13. The molecule has 0 bridgehead atoms. The van der Waals surface area contributed by atoms with Crippen molar-refractivity contribution < 1.29 is 4.39 Å². The molecule has 0 saturated heterocycles. The molecule has 0 atom stereocenters. The molecule has 2 aromatic heterocycles. The number of benzene rings is 3. The van der Waals surface area contributed by atoms with Crippen molar-refractivity contribution in [1.82, 2.24) is 15.0 Å². The fraction of sp³-hybridized carbons (Fsp3) is 0. The van der Waals surface area contributed by atoms with E-state index in [9.17, 15) is 4.39 Å². The van der Waals surface area contributed by atoms with E-state index in [2.05, 4.69) is 20.3 Å². The van der Waals surface area contributed by atoms with Gasteiger partial charge in [-0.2, -0.15) is 0 Å². The number of aromatic nitrogens is 3. The minimum absolute atomic E-state index is 0.303. The molecule has 0 fully saturated rings. The van der Waals surface area contributed by atoms with E-state index >= 15 is 0 Å². The number of anilines is 2. The Morgan fingerprint density at radius 2 is 1.81 bits per heavy atom. The summed E-state index contributed by atoms with van der Waals surface area (Å²) in [6.07, 6.45) is 0. The Morgan fingerprint density at radius 1 is 0.923 bits per heavy atom. The highest BCUT2D eigenvalue weighted by atomic mass is 32.1. The molecule has 6 heteroatoms. The summed E-state index contributed by atoms with van der Waals surface area (Å²) < 4.78 is 14.6. The number of thiazole rings is 1. The minimum Gasteiger partial charge on any atom is -0.338 e. The number of hydrogen-bond donors (Lipinski definition) is 2. The first-order chi connectivity index (χ1) is 12.8. The maximum atomic E-state index is 13.8. The van der Waals surface area contributed by atoms with Gasteiger partial charge in [0.05, 0.1) is 15.7 Å². The van der Waals surface area contributed by atoms with E-state index in [0.29, 0.717) is 10.6 Å². The van der Waals surface area contributed by atoms with Gasteiger partial charge < -0.3 is 10.3 Å². The molecular weight excluding hydrogens is 347 g/mol. The van der Waals surface area contributed by atoms with Crippen molar-refractivity contribution in [1.29, 1.82) is 0 Å². The summed E-state index contributed by atoms with van der Waals surface area (Å²) in [6, 6.07) is 20.8. The fourth-order valence-corrected chi connectivity index (χ4v) is 3.83. The maximum absolute atomic E-state index is 13.8. The van der Waals surface area contributed by atoms with Crippen LogP contribution in [-0.2, 0) is 0 Å². The molecule has 4 nitrogen and oxygen atoms in total. The Morgan fingerprint density at radius 3 is 2.69 bits per heavy atom. The number of rotatable bonds is 3. The van der Waals surface area contributed by atoms with Crippen LogP contribution in [0.2, 0.25) is 0 Å². The number of aromatic amines is 1. The van der Waals surface area contributed by atoms with E-state index in [0.717, 1.165) is 32.8 Å². The summed E-state index contributed by atoms with van der Waals surface area (Å²) in [5.74, 6) is 0.507. The van der Waals surface area contributed by atoms with E-state index < -0.39 is 0 Å². The first-order valence-corrected chi connectivity index (χ1v) is 8.95. The fourth-order valence-electron chi connectivity index (χ4n) is 2.93. The summed E-state index contributed by atoms with van der Waals surface area (Å²) in [5, 5.41) is 3.92. The van der Waals surface area contributed by atoms with Gasteiger partial charge in [0.25, 0.3) is 0 Å². The van der Waals surface area contributed by atoms with Gasteiger partial charge in [-0.25, -0.2) is 14.4 Å². The van der Waals surface area contributed by atoms with Crippen molar-refractivity contribution in [2.45, 2.75) is 0 Å². The summed E-state index contributed by atoms with van der Waals surface area (Å²) in [6.45, 7) is 0. The van der Waals surface area contributed by atoms with Gasteiger partial charge in [0.1, 0.15) is 17.2 Å². The van der Waals surface area contributed by atoms with Crippen molar-refractivity contribution in [2.24, 2.45) is 0 Å². The summed E-state index contributed by atoms with van der Waals surface area (Å²) >= 11 is 1.43. The molecule has 0 aliphatic heterocycles. The number of hydrogen-bond acceptors (Lipinski definition) is 4. The quantitative estimate of drug-likeness (QED) is 0.432. The van der Waals surface area contributed by atoms with Crippen molar-refractivity contribution in [2.75, 3.05) is 5.32 Å². The zero-order valence-corrected chi connectivity index (χ0v) is 14.3. The normalized spacial score (nSPS) is 11.3. The summed E-state index contributed by atoms with van der Waals surface area (Å²) in [4.78, 5) is 12.3. The van der Waals surface area contributed by atoms with E-state index in [1.807, 2.05) is 54.6 Å². The zero-order chi connectivity index (χ0) is 17.5. The average molecular weight is 360 g/mol. The van der Waals surface area contributed by atoms with Crippen LogP contribution in [-0.4, -0.2) is 15.0 Å². The second-order valence-electron chi connectivity index (χ2n) is 5.91. The van der Waals surface area contributed by atoms with Gasteiger partial charge in [-0.05, 0) is 36.4 Å². The lowest BCUT2D eigenvalue weighted by Gasteiger charge is -2.04. The van der Waals surface area contributed by atoms with Gasteiger partial charge in [0.2, 0.25) is 0 Å². The number of H-pyrrole nitrogens is 1.